The van der Waals surface area contributed by atoms with Crippen LogP contribution in [0.25, 0.3) is 0 Å². The summed E-state index contributed by atoms with van der Waals surface area (Å²) in [5.74, 6) is 0.782. The SMILES string of the molecule is CC(=O)N1CCCN([C@H]2CN(CCCS(N)(=O)=O)C[C@H]2C)CC1. The van der Waals surface area contributed by atoms with Crippen molar-refractivity contribution < 1.29 is 13.2 Å². The van der Waals surface area contributed by atoms with Crippen molar-refractivity contribution >= 4 is 15.9 Å². The molecular weight excluding hydrogens is 316 g/mol. The topological polar surface area (TPSA) is 86.9 Å². The first kappa shape index (κ1) is 18.6. The number of rotatable bonds is 5. The molecule has 0 bridgehead atoms. The van der Waals surface area contributed by atoms with E-state index in [0.29, 0.717) is 18.4 Å². The molecule has 0 spiro atoms. The summed E-state index contributed by atoms with van der Waals surface area (Å²) < 4.78 is 22.0. The van der Waals surface area contributed by atoms with Crippen LogP contribution in [-0.4, -0.2) is 86.6 Å². The minimum atomic E-state index is -3.36. The first-order valence-corrected chi connectivity index (χ1v) is 10.2. The maximum Gasteiger partial charge on any atom is 0.219 e. The Balaban J connectivity index is 1.82. The van der Waals surface area contributed by atoms with Gasteiger partial charge in [0.05, 0.1) is 5.75 Å². The van der Waals surface area contributed by atoms with Crippen LogP contribution in [0.4, 0.5) is 0 Å². The third kappa shape index (κ3) is 5.70. The average molecular weight is 346 g/mol. The molecule has 2 atom stereocenters. The van der Waals surface area contributed by atoms with E-state index in [0.717, 1.165) is 52.2 Å². The van der Waals surface area contributed by atoms with Crippen molar-refractivity contribution in [1.82, 2.24) is 14.7 Å². The summed E-state index contributed by atoms with van der Waals surface area (Å²) >= 11 is 0. The third-order valence-corrected chi connectivity index (χ3v) is 5.85. The summed E-state index contributed by atoms with van der Waals surface area (Å²) in [4.78, 5) is 18.3. The lowest BCUT2D eigenvalue weighted by molar-refractivity contribution is -0.128. The molecule has 2 aliphatic heterocycles. The molecule has 2 N–H and O–H groups in total. The zero-order valence-corrected chi connectivity index (χ0v) is 15.1. The monoisotopic (exact) mass is 346 g/mol. The van der Waals surface area contributed by atoms with Gasteiger partial charge >= 0.3 is 0 Å². The van der Waals surface area contributed by atoms with Gasteiger partial charge < -0.3 is 9.80 Å². The Hall–Kier alpha value is -0.700. The molecule has 0 saturated carbocycles. The quantitative estimate of drug-likeness (QED) is 0.728. The summed E-state index contributed by atoms with van der Waals surface area (Å²) in [6.45, 7) is 10.3. The highest BCUT2D eigenvalue weighted by Gasteiger charge is 2.34. The van der Waals surface area contributed by atoms with Crippen molar-refractivity contribution in [2.75, 3.05) is 51.6 Å². The number of amides is 1. The summed E-state index contributed by atoms with van der Waals surface area (Å²) in [5, 5.41) is 5.06. The highest BCUT2D eigenvalue weighted by atomic mass is 32.2. The predicted octanol–water partition coefficient (Wildman–Crippen LogP) is -0.460. The molecule has 0 aromatic heterocycles. The summed E-state index contributed by atoms with van der Waals surface area (Å²) in [5.41, 5.74) is 0. The molecular formula is C15H30N4O3S. The summed E-state index contributed by atoms with van der Waals surface area (Å²) in [6, 6.07) is 0.497. The molecule has 0 aromatic rings. The number of nitrogens with two attached hydrogens (primary N) is 1. The fourth-order valence-corrected chi connectivity index (χ4v) is 4.31. The molecule has 0 aliphatic carbocycles. The number of carbonyl (C=O) groups is 1. The normalized spacial score (nSPS) is 28.0. The van der Waals surface area contributed by atoms with Crippen LogP contribution in [0, 0.1) is 5.92 Å². The molecule has 1 amide bonds. The van der Waals surface area contributed by atoms with Crippen LogP contribution in [0.3, 0.4) is 0 Å². The lowest BCUT2D eigenvalue weighted by Crippen LogP contribution is -2.43. The van der Waals surface area contributed by atoms with Crippen molar-refractivity contribution in [1.29, 1.82) is 0 Å². The predicted molar refractivity (Wildman–Crippen MR) is 90.4 cm³/mol. The number of primary sulfonamides is 1. The van der Waals surface area contributed by atoms with Gasteiger partial charge in [0, 0.05) is 52.2 Å². The average Bonchev–Trinajstić information content (AvgIpc) is 2.66. The maximum absolute atomic E-state index is 11.5. The third-order valence-electron chi connectivity index (χ3n) is 5.00. The zero-order chi connectivity index (χ0) is 17.0. The van der Waals surface area contributed by atoms with E-state index in [1.807, 2.05) is 4.90 Å². The van der Waals surface area contributed by atoms with E-state index in [2.05, 4.69) is 16.7 Å². The molecule has 2 heterocycles. The Bertz CT molecular complexity index is 511. The smallest absolute Gasteiger partial charge is 0.219 e. The van der Waals surface area contributed by atoms with Crippen LogP contribution >= 0.6 is 0 Å². The van der Waals surface area contributed by atoms with E-state index < -0.39 is 10.0 Å². The van der Waals surface area contributed by atoms with Gasteiger partial charge in [0.25, 0.3) is 0 Å². The fourth-order valence-electron chi connectivity index (χ4n) is 3.78. The number of hydrogen-bond acceptors (Lipinski definition) is 5. The van der Waals surface area contributed by atoms with Gasteiger partial charge in [-0.2, -0.15) is 0 Å². The molecule has 23 heavy (non-hydrogen) atoms. The number of likely N-dealkylation sites (tertiary alicyclic amines) is 1. The zero-order valence-electron chi connectivity index (χ0n) is 14.3. The molecule has 134 valence electrons. The van der Waals surface area contributed by atoms with Gasteiger partial charge in [0.15, 0.2) is 0 Å². The van der Waals surface area contributed by atoms with Crippen LogP contribution in [0.2, 0.25) is 0 Å². The fraction of sp³-hybridized carbons (Fsp3) is 0.933. The molecule has 8 heteroatoms. The van der Waals surface area contributed by atoms with Crippen LogP contribution in [0.1, 0.15) is 26.7 Å². The Labute approximate surface area is 139 Å². The van der Waals surface area contributed by atoms with Crippen LogP contribution in [0.5, 0.6) is 0 Å². The Kier molecular flexibility index (Phi) is 6.41. The Morgan fingerprint density at radius 3 is 2.57 bits per heavy atom. The van der Waals surface area contributed by atoms with Crippen molar-refractivity contribution in [3.8, 4) is 0 Å². The van der Waals surface area contributed by atoms with Gasteiger partial charge in [-0.1, -0.05) is 6.92 Å². The molecule has 2 fully saturated rings. The van der Waals surface area contributed by atoms with E-state index >= 15 is 0 Å². The second-order valence-corrected chi connectivity index (χ2v) is 8.65. The Morgan fingerprint density at radius 2 is 1.91 bits per heavy atom. The maximum atomic E-state index is 11.5. The summed E-state index contributed by atoms with van der Waals surface area (Å²) in [7, 11) is -3.36. The van der Waals surface area contributed by atoms with E-state index in [-0.39, 0.29) is 11.7 Å². The molecule has 0 unspecified atom stereocenters. The molecule has 2 saturated heterocycles. The molecule has 2 rings (SSSR count). The lowest BCUT2D eigenvalue weighted by atomic mass is 10.0. The van der Waals surface area contributed by atoms with Crippen molar-refractivity contribution in [3.05, 3.63) is 0 Å². The second kappa shape index (κ2) is 7.92. The Morgan fingerprint density at radius 1 is 1.17 bits per heavy atom. The van der Waals surface area contributed by atoms with Crippen LogP contribution in [0.15, 0.2) is 0 Å². The van der Waals surface area contributed by atoms with Crippen LogP contribution < -0.4 is 5.14 Å². The van der Waals surface area contributed by atoms with E-state index in [9.17, 15) is 13.2 Å². The largest absolute Gasteiger partial charge is 0.342 e. The summed E-state index contributed by atoms with van der Waals surface area (Å²) in [6.07, 6.45) is 1.62. The van der Waals surface area contributed by atoms with Gasteiger partial charge in [-0.3, -0.25) is 9.69 Å². The number of nitrogens with zero attached hydrogens (tertiary/aromatic N) is 3. The van der Waals surface area contributed by atoms with Crippen molar-refractivity contribution in [2.24, 2.45) is 11.1 Å². The van der Waals surface area contributed by atoms with Crippen LogP contribution in [-0.2, 0) is 14.8 Å². The highest BCUT2D eigenvalue weighted by Crippen LogP contribution is 2.23. The minimum absolute atomic E-state index is 0.0554. The van der Waals surface area contributed by atoms with E-state index in [1.54, 1.807) is 6.92 Å². The highest BCUT2D eigenvalue weighted by molar-refractivity contribution is 7.89. The first-order valence-electron chi connectivity index (χ1n) is 8.48. The van der Waals surface area contributed by atoms with E-state index in [1.165, 1.54) is 0 Å². The van der Waals surface area contributed by atoms with Crippen molar-refractivity contribution in [3.63, 3.8) is 0 Å². The van der Waals surface area contributed by atoms with Crippen molar-refractivity contribution in [2.45, 2.75) is 32.7 Å². The van der Waals surface area contributed by atoms with Gasteiger partial charge in [-0.15, -0.1) is 0 Å². The van der Waals surface area contributed by atoms with Gasteiger partial charge in [0.2, 0.25) is 15.9 Å². The molecule has 7 nitrogen and oxygen atoms in total. The van der Waals surface area contributed by atoms with Gasteiger partial charge in [0.1, 0.15) is 0 Å². The number of carbonyl (C=O) groups excluding carboxylic acids is 1. The van der Waals surface area contributed by atoms with Gasteiger partial charge in [-0.05, 0) is 25.3 Å². The second-order valence-electron chi connectivity index (χ2n) is 6.92. The minimum Gasteiger partial charge on any atom is -0.342 e. The van der Waals surface area contributed by atoms with Gasteiger partial charge in [-0.25, -0.2) is 13.6 Å². The lowest BCUT2D eigenvalue weighted by Gasteiger charge is -2.30. The number of hydrogen-bond donors (Lipinski definition) is 1. The molecule has 0 aromatic carbocycles. The molecule has 2 aliphatic rings. The first-order chi connectivity index (χ1) is 10.8. The van der Waals surface area contributed by atoms with E-state index in [4.69, 9.17) is 5.14 Å². The number of sulfonamides is 1. The molecule has 0 radical (unpaired) electrons. The standard InChI is InChI=1S/C15H30N4O3S/c1-13-11-17(5-4-10-23(16,21)22)12-15(13)19-7-3-6-18(8-9-19)14(2)20/h13,15H,3-12H2,1-2H3,(H2,16,21,22)/t13-,15+/m1/s1.